The van der Waals surface area contributed by atoms with Crippen LogP contribution in [0.3, 0.4) is 0 Å². The fraction of sp³-hybridized carbons (Fsp3) is 0.923. The smallest absolute Gasteiger partial charge is 0.307 e. The SMILES string of the molecule is CC1CCC(OC(=O)CC(N)C2CC2)CC1. The van der Waals surface area contributed by atoms with Crippen LogP contribution >= 0.6 is 0 Å². The van der Waals surface area contributed by atoms with Crippen molar-refractivity contribution in [2.75, 3.05) is 0 Å². The normalized spacial score (nSPS) is 32.1. The molecule has 2 rings (SSSR count). The minimum absolute atomic E-state index is 0.0371. The molecule has 2 fully saturated rings. The molecule has 1 unspecified atom stereocenters. The first-order valence-corrected chi connectivity index (χ1v) is 6.60. The highest BCUT2D eigenvalue weighted by atomic mass is 16.5. The van der Waals surface area contributed by atoms with Gasteiger partial charge in [0.15, 0.2) is 0 Å². The van der Waals surface area contributed by atoms with Gasteiger partial charge < -0.3 is 10.5 Å². The maximum Gasteiger partial charge on any atom is 0.307 e. The lowest BCUT2D eigenvalue weighted by atomic mass is 9.89. The quantitative estimate of drug-likeness (QED) is 0.746. The van der Waals surface area contributed by atoms with Gasteiger partial charge in [-0.25, -0.2) is 0 Å². The van der Waals surface area contributed by atoms with Gasteiger partial charge in [-0.1, -0.05) is 6.92 Å². The molecule has 2 N–H and O–H groups in total. The van der Waals surface area contributed by atoms with Gasteiger partial charge in [0.2, 0.25) is 0 Å². The van der Waals surface area contributed by atoms with Crippen LogP contribution in [0.1, 0.15) is 51.9 Å². The van der Waals surface area contributed by atoms with E-state index in [0.29, 0.717) is 12.3 Å². The van der Waals surface area contributed by atoms with E-state index in [1.807, 2.05) is 0 Å². The molecule has 0 aliphatic heterocycles. The monoisotopic (exact) mass is 225 g/mol. The van der Waals surface area contributed by atoms with E-state index in [1.54, 1.807) is 0 Å². The number of carbonyl (C=O) groups excluding carboxylic acids is 1. The highest BCUT2D eigenvalue weighted by Gasteiger charge is 2.31. The molecule has 0 aromatic carbocycles. The average molecular weight is 225 g/mol. The van der Waals surface area contributed by atoms with Gasteiger partial charge >= 0.3 is 5.97 Å². The van der Waals surface area contributed by atoms with Gasteiger partial charge in [0.1, 0.15) is 6.10 Å². The Hall–Kier alpha value is -0.570. The van der Waals surface area contributed by atoms with E-state index < -0.39 is 0 Å². The van der Waals surface area contributed by atoms with Gasteiger partial charge in [-0.05, 0) is 50.4 Å². The van der Waals surface area contributed by atoms with Crippen LogP contribution in [-0.4, -0.2) is 18.1 Å². The average Bonchev–Trinajstić information content (AvgIpc) is 3.04. The molecule has 2 aliphatic rings. The first kappa shape index (κ1) is 11.9. The van der Waals surface area contributed by atoms with Crippen molar-refractivity contribution in [1.82, 2.24) is 0 Å². The van der Waals surface area contributed by atoms with Gasteiger partial charge in [-0.3, -0.25) is 4.79 Å². The second-order valence-electron chi connectivity index (χ2n) is 5.58. The lowest BCUT2D eigenvalue weighted by Gasteiger charge is -2.26. The summed E-state index contributed by atoms with van der Waals surface area (Å²) in [6, 6.07) is 0.0371. The number of carbonyl (C=O) groups is 1. The second kappa shape index (κ2) is 5.17. The lowest BCUT2D eigenvalue weighted by molar-refractivity contribution is -0.151. The largest absolute Gasteiger partial charge is 0.462 e. The zero-order valence-electron chi connectivity index (χ0n) is 10.2. The molecule has 0 amide bonds. The van der Waals surface area contributed by atoms with Crippen molar-refractivity contribution in [3.05, 3.63) is 0 Å². The van der Waals surface area contributed by atoms with Crippen LogP contribution in [0.15, 0.2) is 0 Å². The van der Waals surface area contributed by atoms with Gasteiger partial charge in [-0.15, -0.1) is 0 Å². The molecule has 1 atom stereocenters. The third-order valence-electron chi connectivity index (χ3n) is 3.89. The van der Waals surface area contributed by atoms with Crippen molar-refractivity contribution >= 4 is 5.97 Å². The molecule has 0 aromatic heterocycles. The van der Waals surface area contributed by atoms with Crippen molar-refractivity contribution < 1.29 is 9.53 Å². The number of hydrogen-bond acceptors (Lipinski definition) is 3. The van der Waals surface area contributed by atoms with Crippen LogP contribution in [-0.2, 0) is 9.53 Å². The zero-order valence-corrected chi connectivity index (χ0v) is 10.2. The van der Waals surface area contributed by atoms with Crippen LogP contribution in [0.2, 0.25) is 0 Å². The topological polar surface area (TPSA) is 52.3 Å². The fourth-order valence-corrected chi connectivity index (χ4v) is 2.46. The second-order valence-corrected chi connectivity index (χ2v) is 5.58. The number of esters is 1. The van der Waals surface area contributed by atoms with Gasteiger partial charge in [0.05, 0.1) is 6.42 Å². The van der Waals surface area contributed by atoms with E-state index >= 15 is 0 Å². The van der Waals surface area contributed by atoms with Crippen molar-refractivity contribution in [1.29, 1.82) is 0 Å². The third-order valence-corrected chi connectivity index (χ3v) is 3.89. The summed E-state index contributed by atoms with van der Waals surface area (Å²) < 4.78 is 5.47. The summed E-state index contributed by atoms with van der Waals surface area (Å²) in [5.74, 6) is 1.29. The minimum atomic E-state index is -0.0843. The molecular weight excluding hydrogens is 202 g/mol. The van der Waals surface area contributed by atoms with E-state index in [1.165, 1.54) is 25.7 Å². The standard InChI is InChI=1S/C13H23NO2/c1-9-2-6-11(7-3-9)16-13(15)8-12(14)10-4-5-10/h9-12H,2-8,14H2,1H3. The summed E-state index contributed by atoms with van der Waals surface area (Å²) in [5, 5.41) is 0. The molecule has 3 heteroatoms. The van der Waals surface area contributed by atoms with Crippen molar-refractivity contribution in [2.24, 2.45) is 17.6 Å². The predicted octanol–water partition coefficient (Wildman–Crippen LogP) is 2.24. The zero-order chi connectivity index (χ0) is 11.5. The Bertz CT molecular complexity index is 242. The summed E-state index contributed by atoms with van der Waals surface area (Å²) in [7, 11) is 0. The van der Waals surface area contributed by atoms with Crippen molar-refractivity contribution in [2.45, 2.75) is 64.0 Å². The third kappa shape index (κ3) is 3.48. The fourth-order valence-electron chi connectivity index (χ4n) is 2.46. The molecule has 92 valence electrons. The Kier molecular flexibility index (Phi) is 3.85. The summed E-state index contributed by atoms with van der Waals surface area (Å²) in [4.78, 5) is 11.6. The molecule has 0 radical (unpaired) electrons. The first-order valence-electron chi connectivity index (χ1n) is 6.60. The molecule has 2 aliphatic carbocycles. The van der Waals surface area contributed by atoms with Crippen molar-refractivity contribution in [3.8, 4) is 0 Å². The highest BCUT2D eigenvalue weighted by molar-refractivity contribution is 5.70. The highest BCUT2D eigenvalue weighted by Crippen LogP contribution is 2.33. The Labute approximate surface area is 97.7 Å². The first-order chi connectivity index (χ1) is 7.65. The lowest BCUT2D eigenvalue weighted by Crippen LogP contribution is -2.30. The predicted molar refractivity (Wildman–Crippen MR) is 62.8 cm³/mol. The van der Waals surface area contributed by atoms with Crippen LogP contribution < -0.4 is 5.73 Å². The van der Waals surface area contributed by atoms with E-state index in [2.05, 4.69) is 6.92 Å². The number of hydrogen-bond donors (Lipinski definition) is 1. The van der Waals surface area contributed by atoms with Gasteiger partial charge in [0, 0.05) is 6.04 Å². The molecular formula is C13H23NO2. The molecule has 16 heavy (non-hydrogen) atoms. The van der Waals surface area contributed by atoms with Crippen LogP contribution in [0, 0.1) is 11.8 Å². The van der Waals surface area contributed by atoms with E-state index in [9.17, 15) is 4.79 Å². The Morgan fingerprint density at radius 3 is 2.44 bits per heavy atom. The Balaban J connectivity index is 1.66. The minimum Gasteiger partial charge on any atom is -0.462 e. The van der Waals surface area contributed by atoms with Crippen LogP contribution in [0.4, 0.5) is 0 Å². The molecule has 3 nitrogen and oxygen atoms in total. The summed E-state index contributed by atoms with van der Waals surface area (Å²) >= 11 is 0. The maximum atomic E-state index is 11.6. The number of rotatable bonds is 4. The van der Waals surface area contributed by atoms with Crippen LogP contribution in [0.25, 0.3) is 0 Å². The Morgan fingerprint density at radius 1 is 1.25 bits per heavy atom. The number of ether oxygens (including phenoxy) is 1. The summed E-state index contributed by atoms with van der Waals surface area (Å²) in [6.45, 7) is 2.26. The maximum absolute atomic E-state index is 11.6. The van der Waals surface area contributed by atoms with Gasteiger partial charge in [-0.2, -0.15) is 0 Å². The molecule has 0 spiro atoms. The van der Waals surface area contributed by atoms with Crippen LogP contribution in [0.5, 0.6) is 0 Å². The molecule has 0 aromatic rings. The van der Waals surface area contributed by atoms with Crippen molar-refractivity contribution in [3.63, 3.8) is 0 Å². The summed E-state index contributed by atoms with van der Waals surface area (Å²) in [5.41, 5.74) is 5.91. The van der Waals surface area contributed by atoms with E-state index in [-0.39, 0.29) is 18.1 Å². The molecule has 0 heterocycles. The van der Waals surface area contributed by atoms with E-state index in [4.69, 9.17) is 10.5 Å². The Morgan fingerprint density at radius 2 is 1.88 bits per heavy atom. The van der Waals surface area contributed by atoms with E-state index in [0.717, 1.165) is 18.8 Å². The molecule has 0 saturated heterocycles. The number of nitrogens with two attached hydrogens (primary N) is 1. The molecule has 2 saturated carbocycles. The van der Waals surface area contributed by atoms with Gasteiger partial charge in [0.25, 0.3) is 0 Å². The molecule has 0 bridgehead atoms. The summed E-state index contributed by atoms with van der Waals surface area (Å²) in [6.07, 6.45) is 7.40.